The van der Waals surface area contributed by atoms with Crippen molar-refractivity contribution in [2.45, 2.75) is 50.6 Å². The van der Waals surface area contributed by atoms with Crippen LogP contribution in [-0.2, 0) is 6.54 Å². The molecule has 1 saturated heterocycles. The standard InChI is InChI=1S/C17H23N/c1-3-9-16(10-4-1)15-18-14-8-2-5-11-17(18)12-6-7-13-17/h1,3-4,6-7,9-10H,2,5,8,11-15H2. The van der Waals surface area contributed by atoms with Crippen molar-refractivity contribution in [3.8, 4) is 0 Å². The number of benzene rings is 1. The topological polar surface area (TPSA) is 3.24 Å². The van der Waals surface area contributed by atoms with Gasteiger partial charge in [-0.3, -0.25) is 4.90 Å². The van der Waals surface area contributed by atoms with E-state index in [0.29, 0.717) is 5.54 Å². The maximum atomic E-state index is 2.76. The third-order valence-corrected chi connectivity index (χ3v) is 4.62. The summed E-state index contributed by atoms with van der Waals surface area (Å²) in [5, 5.41) is 0. The van der Waals surface area contributed by atoms with Crippen LogP contribution in [0.25, 0.3) is 0 Å². The molecular formula is C17H23N. The van der Waals surface area contributed by atoms with Crippen LogP contribution in [0.3, 0.4) is 0 Å². The summed E-state index contributed by atoms with van der Waals surface area (Å²) in [5.74, 6) is 0. The molecule has 0 bridgehead atoms. The van der Waals surface area contributed by atoms with Gasteiger partial charge in [-0.15, -0.1) is 0 Å². The molecule has 0 saturated carbocycles. The Morgan fingerprint density at radius 2 is 1.72 bits per heavy atom. The lowest BCUT2D eigenvalue weighted by Crippen LogP contribution is -2.45. The van der Waals surface area contributed by atoms with E-state index in [1.54, 1.807) is 0 Å². The third kappa shape index (κ3) is 2.37. The molecule has 96 valence electrons. The smallest absolute Gasteiger partial charge is 0.0281 e. The Kier molecular flexibility index (Phi) is 3.51. The van der Waals surface area contributed by atoms with Gasteiger partial charge in [-0.25, -0.2) is 0 Å². The maximum absolute atomic E-state index is 2.76. The molecule has 2 aliphatic rings. The SMILES string of the molecule is C1=CCC2(C1)CCCCCN2Cc1ccccc1. The molecule has 1 fully saturated rings. The van der Waals surface area contributed by atoms with Gasteiger partial charge in [0.05, 0.1) is 0 Å². The molecule has 1 spiro atoms. The predicted molar refractivity (Wildman–Crippen MR) is 76.4 cm³/mol. The van der Waals surface area contributed by atoms with Crippen LogP contribution in [0, 0.1) is 0 Å². The van der Waals surface area contributed by atoms with Crippen molar-refractivity contribution in [1.29, 1.82) is 0 Å². The molecule has 0 amide bonds. The van der Waals surface area contributed by atoms with E-state index in [0.717, 1.165) is 6.54 Å². The second-order valence-electron chi connectivity index (χ2n) is 5.82. The van der Waals surface area contributed by atoms with E-state index in [1.807, 2.05) is 0 Å². The summed E-state index contributed by atoms with van der Waals surface area (Å²) in [6.45, 7) is 2.40. The molecular weight excluding hydrogens is 218 g/mol. The molecule has 1 heteroatoms. The quantitative estimate of drug-likeness (QED) is 0.703. The van der Waals surface area contributed by atoms with Crippen molar-refractivity contribution in [2.24, 2.45) is 0 Å². The van der Waals surface area contributed by atoms with Gasteiger partial charge in [-0.05, 0) is 37.8 Å². The van der Waals surface area contributed by atoms with Gasteiger partial charge < -0.3 is 0 Å². The largest absolute Gasteiger partial charge is 0.293 e. The second kappa shape index (κ2) is 5.27. The normalized spacial score (nSPS) is 23.3. The second-order valence-corrected chi connectivity index (χ2v) is 5.82. The molecule has 0 N–H and O–H groups in total. The molecule has 0 aromatic heterocycles. The Balaban J connectivity index is 1.78. The summed E-state index contributed by atoms with van der Waals surface area (Å²) in [5.41, 5.74) is 1.91. The Hall–Kier alpha value is -1.08. The Labute approximate surface area is 111 Å². The number of likely N-dealkylation sites (tertiary alicyclic amines) is 1. The molecule has 1 aliphatic carbocycles. The van der Waals surface area contributed by atoms with Gasteiger partial charge >= 0.3 is 0 Å². The Morgan fingerprint density at radius 1 is 0.944 bits per heavy atom. The van der Waals surface area contributed by atoms with Crippen LogP contribution in [0.15, 0.2) is 42.5 Å². The van der Waals surface area contributed by atoms with E-state index in [1.165, 1.54) is 50.6 Å². The zero-order chi connectivity index (χ0) is 12.3. The monoisotopic (exact) mass is 241 g/mol. The van der Waals surface area contributed by atoms with E-state index in [9.17, 15) is 0 Å². The lowest BCUT2D eigenvalue weighted by Gasteiger charge is -2.40. The fourth-order valence-electron chi connectivity index (χ4n) is 3.53. The lowest BCUT2D eigenvalue weighted by atomic mass is 9.89. The van der Waals surface area contributed by atoms with Crippen LogP contribution in [0.5, 0.6) is 0 Å². The minimum absolute atomic E-state index is 0.451. The molecule has 1 aromatic carbocycles. The first kappa shape index (κ1) is 12.0. The van der Waals surface area contributed by atoms with Gasteiger partial charge in [0, 0.05) is 12.1 Å². The lowest BCUT2D eigenvalue weighted by molar-refractivity contribution is 0.0910. The number of rotatable bonds is 2. The Bertz CT molecular complexity index is 399. The minimum Gasteiger partial charge on any atom is -0.293 e. The van der Waals surface area contributed by atoms with Crippen molar-refractivity contribution in [2.75, 3.05) is 6.54 Å². The average Bonchev–Trinajstić information content (AvgIpc) is 2.79. The van der Waals surface area contributed by atoms with Crippen LogP contribution in [0.4, 0.5) is 0 Å². The average molecular weight is 241 g/mol. The summed E-state index contributed by atoms with van der Waals surface area (Å²) < 4.78 is 0. The first-order valence-corrected chi connectivity index (χ1v) is 7.33. The highest BCUT2D eigenvalue weighted by atomic mass is 15.2. The summed E-state index contributed by atoms with van der Waals surface area (Å²) in [4.78, 5) is 2.76. The highest BCUT2D eigenvalue weighted by molar-refractivity contribution is 5.17. The van der Waals surface area contributed by atoms with Crippen molar-refractivity contribution in [3.05, 3.63) is 48.0 Å². The van der Waals surface area contributed by atoms with E-state index in [4.69, 9.17) is 0 Å². The van der Waals surface area contributed by atoms with Gasteiger partial charge in [0.15, 0.2) is 0 Å². The summed E-state index contributed by atoms with van der Waals surface area (Å²) in [6.07, 6.45) is 12.9. The van der Waals surface area contributed by atoms with Gasteiger partial charge in [0.1, 0.15) is 0 Å². The number of nitrogens with zero attached hydrogens (tertiary/aromatic N) is 1. The molecule has 0 atom stereocenters. The highest BCUT2D eigenvalue weighted by Crippen LogP contribution is 2.38. The summed E-state index contributed by atoms with van der Waals surface area (Å²) in [6, 6.07) is 11.0. The maximum Gasteiger partial charge on any atom is 0.0281 e. The zero-order valence-corrected chi connectivity index (χ0v) is 11.1. The molecule has 1 aliphatic heterocycles. The first-order valence-electron chi connectivity index (χ1n) is 7.33. The van der Waals surface area contributed by atoms with E-state index < -0.39 is 0 Å². The van der Waals surface area contributed by atoms with Gasteiger partial charge in [0.25, 0.3) is 0 Å². The predicted octanol–water partition coefficient (Wildman–Crippen LogP) is 4.15. The van der Waals surface area contributed by atoms with Crippen LogP contribution >= 0.6 is 0 Å². The van der Waals surface area contributed by atoms with E-state index >= 15 is 0 Å². The molecule has 0 unspecified atom stereocenters. The fraction of sp³-hybridized carbons (Fsp3) is 0.529. The van der Waals surface area contributed by atoms with Crippen molar-refractivity contribution in [3.63, 3.8) is 0 Å². The van der Waals surface area contributed by atoms with Crippen molar-refractivity contribution >= 4 is 0 Å². The van der Waals surface area contributed by atoms with Gasteiger partial charge in [0.2, 0.25) is 0 Å². The van der Waals surface area contributed by atoms with Crippen LogP contribution < -0.4 is 0 Å². The van der Waals surface area contributed by atoms with Crippen LogP contribution in [-0.4, -0.2) is 17.0 Å². The molecule has 18 heavy (non-hydrogen) atoms. The molecule has 1 aromatic rings. The third-order valence-electron chi connectivity index (χ3n) is 4.62. The minimum atomic E-state index is 0.451. The van der Waals surface area contributed by atoms with Gasteiger partial charge in [-0.1, -0.05) is 55.3 Å². The fourth-order valence-corrected chi connectivity index (χ4v) is 3.53. The Morgan fingerprint density at radius 3 is 2.50 bits per heavy atom. The first-order chi connectivity index (χ1) is 8.89. The highest BCUT2D eigenvalue weighted by Gasteiger charge is 2.37. The van der Waals surface area contributed by atoms with Gasteiger partial charge in [-0.2, -0.15) is 0 Å². The molecule has 1 heterocycles. The number of hydrogen-bond acceptors (Lipinski definition) is 1. The molecule has 1 nitrogen and oxygen atoms in total. The molecule has 3 rings (SSSR count). The number of hydrogen-bond donors (Lipinski definition) is 0. The van der Waals surface area contributed by atoms with Crippen molar-refractivity contribution in [1.82, 2.24) is 4.90 Å². The van der Waals surface area contributed by atoms with E-state index in [-0.39, 0.29) is 0 Å². The van der Waals surface area contributed by atoms with Crippen LogP contribution in [0.2, 0.25) is 0 Å². The summed E-state index contributed by atoms with van der Waals surface area (Å²) >= 11 is 0. The van der Waals surface area contributed by atoms with E-state index in [2.05, 4.69) is 47.4 Å². The molecule has 0 radical (unpaired) electrons. The zero-order valence-electron chi connectivity index (χ0n) is 11.1. The van der Waals surface area contributed by atoms with Crippen LogP contribution in [0.1, 0.15) is 44.1 Å². The summed E-state index contributed by atoms with van der Waals surface area (Å²) in [7, 11) is 0. The van der Waals surface area contributed by atoms with Crippen molar-refractivity contribution < 1.29 is 0 Å².